The summed E-state index contributed by atoms with van der Waals surface area (Å²) >= 11 is 0. The van der Waals surface area contributed by atoms with Crippen LogP contribution in [-0.2, 0) is 9.59 Å². The smallest absolute Gasteiger partial charge is 0.295 e. The molecule has 3 aromatic rings. The van der Waals surface area contributed by atoms with Gasteiger partial charge in [0.2, 0.25) is 0 Å². The molecule has 3 aromatic carbocycles. The van der Waals surface area contributed by atoms with E-state index < -0.39 is 17.7 Å². The maximum absolute atomic E-state index is 13.3. The average Bonchev–Trinajstić information content (AvgIpc) is 3.45. The molecule has 162 valence electrons. The molecule has 2 aliphatic rings. The molecular weight excluding hydrogens is 402 g/mol. The lowest BCUT2D eigenvalue weighted by Gasteiger charge is -2.31. The van der Waals surface area contributed by atoms with Crippen LogP contribution in [0, 0.1) is 0 Å². The summed E-state index contributed by atoms with van der Waals surface area (Å²) in [6.07, 6.45) is 3.76. The number of hydrogen-bond donors (Lipinski definition) is 1. The number of fused-ring (bicyclic) bond motifs is 1. The van der Waals surface area contributed by atoms with E-state index in [4.69, 9.17) is 4.74 Å². The summed E-state index contributed by atoms with van der Waals surface area (Å²) < 4.78 is 5.58. The number of amides is 1. The lowest BCUT2D eigenvalue weighted by atomic mass is 9.93. The number of para-hydroxylation sites is 1. The van der Waals surface area contributed by atoms with Gasteiger partial charge in [-0.1, -0.05) is 67.4 Å². The van der Waals surface area contributed by atoms with Crippen molar-refractivity contribution in [2.24, 2.45) is 0 Å². The van der Waals surface area contributed by atoms with Gasteiger partial charge in [-0.25, -0.2) is 0 Å². The van der Waals surface area contributed by atoms with E-state index in [1.54, 1.807) is 18.1 Å². The first-order chi connectivity index (χ1) is 15.6. The van der Waals surface area contributed by atoms with E-state index in [0.29, 0.717) is 16.9 Å². The highest BCUT2D eigenvalue weighted by Gasteiger charge is 2.50. The summed E-state index contributed by atoms with van der Waals surface area (Å²) in [6.45, 7) is 0. The minimum atomic E-state index is -0.680. The summed E-state index contributed by atoms with van der Waals surface area (Å²) in [5.41, 5.74) is 1.36. The molecule has 32 heavy (non-hydrogen) atoms. The Morgan fingerprint density at radius 2 is 1.62 bits per heavy atom. The topological polar surface area (TPSA) is 66.8 Å². The molecule has 0 radical (unpaired) electrons. The molecule has 0 aromatic heterocycles. The number of ketones is 1. The minimum absolute atomic E-state index is 0.0248. The van der Waals surface area contributed by atoms with E-state index in [1.807, 2.05) is 60.7 Å². The number of likely N-dealkylation sites (tertiary alicyclic amines) is 1. The molecule has 0 bridgehead atoms. The molecule has 1 amide bonds. The molecule has 1 heterocycles. The molecule has 2 fully saturated rings. The summed E-state index contributed by atoms with van der Waals surface area (Å²) in [5.74, 6) is -0.745. The van der Waals surface area contributed by atoms with Gasteiger partial charge >= 0.3 is 0 Å². The van der Waals surface area contributed by atoms with Crippen LogP contribution in [0.25, 0.3) is 16.5 Å². The van der Waals surface area contributed by atoms with Gasteiger partial charge in [0.05, 0.1) is 18.7 Å². The van der Waals surface area contributed by atoms with E-state index in [2.05, 4.69) is 0 Å². The Balaban J connectivity index is 1.71. The van der Waals surface area contributed by atoms with E-state index in [-0.39, 0.29) is 17.4 Å². The molecule has 5 heteroatoms. The summed E-state index contributed by atoms with van der Waals surface area (Å²) in [4.78, 5) is 28.2. The average molecular weight is 428 g/mol. The number of hydrogen-bond acceptors (Lipinski definition) is 4. The molecule has 5 nitrogen and oxygen atoms in total. The van der Waals surface area contributed by atoms with E-state index in [0.717, 1.165) is 36.5 Å². The van der Waals surface area contributed by atoms with Crippen LogP contribution in [0.1, 0.15) is 42.9 Å². The first kappa shape index (κ1) is 20.3. The third kappa shape index (κ3) is 3.25. The Kier molecular flexibility index (Phi) is 5.17. The van der Waals surface area contributed by atoms with Crippen LogP contribution in [0.4, 0.5) is 0 Å². The largest absolute Gasteiger partial charge is 0.507 e. The van der Waals surface area contributed by atoms with Crippen molar-refractivity contribution < 1.29 is 19.4 Å². The number of ether oxygens (including phenoxy) is 1. The van der Waals surface area contributed by atoms with Crippen LogP contribution in [-0.4, -0.2) is 34.8 Å². The zero-order valence-electron chi connectivity index (χ0n) is 18.0. The van der Waals surface area contributed by atoms with E-state index >= 15 is 0 Å². The standard InChI is InChI=1S/C27H25NO4/c1-32-22-13-7-6-12-21(22)24-23(26(30)27(31)28(24)20-10-4-5-11-20)25(29)19-15-14-17-8-2-3-9-18(17)16-19/h2-3,6-9,12-16,20,24,29H,4-5,10-11H2,1H3/b25-23+. The normalized spacial score (nSPS) is 20.9. The van der Waals surface area contributed by atoms with Crippen molar-refractivity contribution in [1.29, 1.82) is 0 Å². The highest BCUT2D eigenvalue weighted by atomic mass is 16.5. The van der Waals surface area contributed by atoms with Crippen molar-refractivity contribution >= 4 is 28.2 Å². The molecule has 1 aliphatic heterocycles. The number of carbonyl (C=O) groups is 2. The highest BCUT2D eigenvalue weighted by Crippen LogP contribution is 2.45. The lowest BCUT2D eigenvalue weighted by Crippen LogP contribution is -2.37. The maximum Gasteiger partial charge on any atom is 0.295 e. The third-order valence-electron chi connectivity index (χ3n) is 6.65. The number of aliphatic hydroxyl groups is 1. The van der Waals surface area contributed by atoms with Crippen molar-refractivity contribution in [2.45, 2.75) is 37.8 Å². The fraction of sp³-hybridized carbons (Fsp3) is 0.259. The number of rotatable bonds is 4. The molecule has 1 saturated heterocycles. The van der Waals surface area contributed by atoms with Crippen molar-refractivity contribution in [3.63, 3.8) is 0 Å². The number of aliphatic hydroxyl groups excluding tert-OH is 1. The summed E-state index contributed by atoms with van der Waals surface area (Å²) in [5, 5.41) is 13.4. The Bertz CT molecular complexity index is 1240. The second-order valence-corrected chi connectivity index (χ2v) is 8.45. The van der Waals surface area contributed by atoms with Crippen molar-refractivity contribution in [3.8, 4) is 5.75 Å². The van der Waals surface area contributed by atoms with Gasteiger partial charge in [0, 0.05) is 17.2 Å². The second kappa shape index (κ2) is 8.15. The summed E-state index contributed by atoms with van der Waals surface area (Å²) in [7, 11) is 1.57. The molecule has 1 unspecified atom stereocenters. The molecule has 1 N–H and O–H groups in total. The van der Waals surface area contributed by atoms with Gasteiger partial charge in [-0.05, 0) is 35.7 Å². The van der Waals surface area contributed by atoms with Gasteiger partial charge in [-0.15, -0.1) is 0 Å². The predicted octanol–water partition coefficient (Wildman–Crippen LogP) is 5.21. The van der Waals surface area contributed by atoms with Crippen LogP contribution in [0.2, 0.25) is 0 Å². The van der Waals surface area contributed by atoms with Gasteiger partial charge in [-0.2, -0.15) is 0 Å². The van der Waals surface area contributed by atoms with Crippen LogP contribution in [0.15, 0.2) is 72.3 Å². The van der Waals surface area contributed by atoms with Crippen LogP contribution in [0.5, 0.6) is 5.75 Å². The highest BCUT2D eigenvalue weighted by molar-refractivity contribution is 6.46. The molecule has 1 atom stereocenters. The van der Waals surface area contributed by atoms with Crippen LogP contribution in [0.3, 0.4) is 0 Å². The predicted molar refractivity (Wildman–Crippen MR) is 123 cm³/mol. The Hall–Kier alpha value is -3.60. The van der Waals surface area contributed by atoms with E-state index in [9.17, 15) is 14.7 Å². The quantitative estimate of drug-likeness (QED) is 0.352. The Morgan fingerprint density at radius 3 is 2.38 bits per heavy atom. The molecule has 5 rings (SSSR count). The van der Waals surface area contributed by atoms with Gasteiger partial charge in [-0.3, -0.25) is 9.59 Å². The summed E-state index contributed by atoms with van der Waals surface area (Å²) in [6, 6.07) is 20.1. The van der Waals surface area contributed by atoms with E-state index in [1.165, 1.54) is 0 Å². The molecular formula is C27H25NO4. The first-order valence-electron chi connectivity index (χ1n) is 11.0. The number of methoxy groups -OCH3 is 1. The number of Topliss-reactive ketones (excluding diaryl/α,β-unsaturated/α-hetero) is 1. The Labute approximate surface area is 186 Å². The van der Waals surface area contributed by atoms with Crippen molar-refractivity contribution in [2.75, 3.05) is 7.11 Å². The minimum Gasteiger partial charge on any atom is -0.507 e. The maximum atomic E-state index is 13.3. The molecule has 1 saturated carbocycles. The van der Waals surface area contributed by atoms with Gasteiger partial charge in [0.25, 0.3) is 11.7 Å². The SMILES string of the molecule is COc1ccccc1C1/C(=C(\O)c2ccc3ccccc3c2)C(=O)C(=O)N1C1CCCC1. The third-order valence-corrected chi connectivity index (χ3v) is 6.65. The number of carbonyl (C=O) groups excluding carboxylic acids is 2. The van der Waals surface area contributed by atoms with Gasteiger partial charge in [0.15, 0.2) is 0 Å². The lowest BCUT2D eigenvalue weighted by molar-refractivity contribution is -0.141. The number of benzene rings is 3. The fourth-order valence-electron chi connectivity index (χ4n) is 5.10. The van der Waals surface area contributed by atoms with Crippen molar-refractivity contribution in [3.05, 3.63) is 83.4 Å². The molecule has 0 spiro atoms. The van der Waals surface area contributed by atoms with Gasteiger partial charge in [0.1, 0.15) is 11.5 Å². The molecule has 1 aliphatic carbocycles. The second-order valence-electron chi connectivity index (χ2n) is 8.45. The monoisotopic (exact) mass is 427 g/mol. The van der Waals surface area contributed by atoms with Gasteiger partial charge < -0.3 is 14.7 Å². The van der Waals surface area contributed by atoms with Crippen LogP contribution >= 0.6 is 0 Å². The first-order valence-corrected chi connectivity index (χ1v) is 11.0. The van der Waals surface area contributed by atoms with Crippen molar-refractivity contribution in [1.82, 2.24) is 4.90 Å². The Morgan fingerprint density at radius 1 is 0.938 bits per heavy atom. The zero-order chi connectivity index (χ0) is 22.2. The zero-order valence-corrected chi connectivity index (χ0v) is 18.0. The van der Waals surface area contributed by atoms with Crippen LogP contribution < -0.4 is 4.74 Å². The fourth-order valence-corrected chi connectivity index (χ4v) is 5.10. The number of nitrogens with zero attached hydrogens (tertiary/aromatic N) is 1.